The van der Waals surface area contributed by atoms with Crippen LogP contribution in [0.2, 0.25) is 0 Å². The molecule has 2 aromatic carbocycles. The molecular weight excluding hydrogens is 340 g/mol. The first kappa shape index (κ1) is 17.3. The summed E-state index contributed by atoms with van der Waals surface area (Å²) in [5.74, 6) is 2.23. The van der Waals surface area contributed by atoms with Gasteiger partial charge in [-0.2, -0.15) is 5.10 Å². The largest absolute Gasteiger partial charge is 0.496 e. The smallest absolute Gasteiger partial charge is 0.160 e. The zero-order valence-electron chi connectivity index (χ0n) is 15.6. The minimum absolute atomic E-state index is 0.232. The SMILES string of the molecule is COc1[c]ccc(C2=NN(c3ncnc4c(OC)cccc34)C(C)CC2)c1. The first-order valence-electron chi connectivity index (χ1n) is 8.91. The van der Waals surface area contributed by atoms with Gasteiger partial charge in [-0.15, -0.1) is 0 Å². The second-order valence-corrected chi connectivity index (χ2v) is 6.48. The summed E-state index contributed by atoms with van der Waals surface area (Å²) in [5.41, 5.74) is 2.84. The van der Waals surface area contributed by atoms with E-state index in [1.54, 1.807) is 20.5 Å². The van der Waals surface area contributed by atoms with Crippen molar-refractivity contribution in [3.8, 4) is 11.5 Å². The summed E-state index contributed by atoms with van der Waals surface area (Å²) in [6.45, 7) is 2.16. The third kappa shape index (κ3) is 3.18. The van der Waals surface area contributed by atoms with Crippen molar-refractivity contribution in [2.45, 2.75) is 25.8 Å². The van der Waals surface area contributed by atoms with Gasteiger partial charge in [0.2, 0.25) is 0 Å². The first-order chi connectivity index (χ1) is 13.2. The summed E-state index contributed by atoms with van der Waals surface area (Å²) >= 11 is 0. The lowest BCUT2D eigenvalue weighted by molar-refractivity contribution is 0.414. The van der Waals surface area contributed by atoms with Gasteiger partial charge in [-0.3, -0.25) is 0 Å². The van der Waals surface area contributed by atoms with E-state index in [0.717, 1.165) is 46.6 Å². The van der Waals surface area contributed by atoms with Crippen molar-refractivity contribution in [3.05, 3.63) is 54.4 Å². The Morgan fingerprint density at radius 1 is 1.15 bits per heavy atom. The number of para-hydroxylation sites is 1. The van der Waals surface area contributed by atoms with Crippen LogP contribution in [-0.4, -0.2) is 35.9 Å². The molecule has 0 amide bonds. The van der Waals surface area contributed by atoms with E-state index in [2.05, 4.69) is 23.0 Å². The van der Waals surface area contributed by atoms with Crippen LogP contribution in [0.5, 0.6) is 11.5 Å². The summed E-state index contributed by atoms with van der Waals surface area (Å²) in [7, 11) is 3.29. The summed E-state index contributed by atoms with van der Waals surface area (Å²) in [4.78, 5) is 8.94. The third-order valence-corrected chi connectivity index (χ3v) is 4.82. The molecule has 0 spiro atoms. The molecule has 137 valence electrons. The Morgan fingerprint density at radius 3 is 2.85 bits per heavy atom. The molecule has 1 aromatic heterocycles. The fourth-order valence-electron chi connectivity index (χ4n) is 3.34. The summed E-state index contributed by atoms with van der Waals surface area (Å²) in [6.07, 6.45) is 3.45. The number of aromatic nitrogens is 2. The normalized spacial score (nSPS) is 16.9. The number of methoxy groups -OCH3 is 2. The van der Waals surface area contributed by atoms with E-state index in [1.165, 1.54) is 0 Å². The highest BCUT2D eigenvalue weighted by Crippen LogP contribution is 2.33. The van der Waals surface area contributed by atoms with Crippen molar-refractivity contribution in [1.29, 1.82) is 0 Å². The number of hydrogen-bond acceptors (Lipinski definition) is 6. The van der Waals surface area contributed by atoms with Crippen molar-refractivity contribution in [2.24, 2.45) is 5.10 Å². The van der Waals surface area contributed by atoms with Crippen LogP contribution in [0.15, 0.2) is 47.8 Å². The van der Waals surface area contributed by atoms with Gasteiger partial charge in [-0.25, -0.2) is 15.0 Å². The Balaban J connectivity index is 1.81. The predicted octanol–water partition coefficient (Wildman–Crippen LogP) is 3.84. The van der Waals surface area contributed by atoms with E-state index < -0.39 is 0 Å². The van der Waals surface area contributed by atoms with Crippen molar-refractivity contribution < 1.29 is 9.47 Å². The van der Waals surface area contributed by atoms with Gasteiger partial charge in [0.05, 0.1) is 26.0 Å². The number of nitrogens with zero attached hydrogens (tertiary/aromatic N) is 4. The average Bonchev–Trinajstić information content (AvgIpc) is 2.73. The molecule has 1 radical (unpaired) electrons. The molecule has 0 saturated heterocycles. The van der Waals surface area contributed by atoms with Crippen LogP contribution in [0.3, 0.4) is 0 Å². The molecule has 1 unspecified atom stereocenters. The van der Waals surface area contributed by atoms with E-state index in [1.807, 2.05) is 41.4 Å². The van der Waals surface area contributed by atoms with Gasteiger partial charge in [-0.05, 0) is 44.0 Å². The van der Waals surface area contributed by atoms with Crippen molar-refractivity contribution >= 4 is 22.4 Å². The fraction of sp³-hybridized carbons (Fsp3) is 0.286. The quantitative estimate of drug-likeness (QED) is 0.707. The van der Waals surface area contributed by atoms with Gasteiger partial charge >= 0.3 is 0 Å². The molecule has 27 heavy (non-hydrogen) atoms. The van der Waals surface area contributed by atoms with Gasteiger partial charge in [0, 0.05) is 17.0 Å². The molecule has 6 nitrogen and oxygen atoms in total. The first-order valence-corrected chi connectivity index (χ1v) is 8.91. The second kappa shape index (κ2) is 7.23. The summed E-state index contributed by atoms with van der Waals surface area (Å²) < 4.78 is 10.8. The summed E-state index contributed by atoms with van der Waals surface area (Å²) in [6, 6.07) is 15.0. The molecule has 3 aromatic rings. The fourth-order valence-corrected chi connectivity index (χ4v) is 3.34. The number of rotatable bonds is 4. The number of benzene rings is 2. The minimum Gasteiger partial charge on any atom is -0.496 e. The molecule has 0 saturated carbocycles. The topological polar surface area (TPSA) is 59.8 Å². The van der Waals surface area contributed by atoms with E-state index >= 15 is 0 Å². The van der Waals surface area contributed by atoms with Gasteiger partial charge in [0.15, 0.2) is 5.82 Å². The number of ether oxygens (including phenoxy) is 2. The van der Waals surface area contributed by atoms with Gasteiger partial charge in [0.25, 0.3) is 0 Å². The molecule has 1 atom stereocenters. The van der Waals surface area contributed by atoms with Gasteiger partial charge < -0.3 is 9.47 Å². The molecule has 4 rings (SSSR count). The van der Waals surface area contributed by atoms with Crippen LogP contribution < -0.4 is 14.5 Å². The lowest BCUT2D eigenvalue weighted by atomic mass is 10.0. The van der Waals surface area contributed by atoms with Crippen LogP contribution >= 0.6 is 0 Å². The summed E-state index contributed by atoms with van der Waals surface area (Å²) in [5, 5.41) is 7.85. The Bertz CT molecular complexity index is 1000. The van der Waals surface area contributed by atoms with E-state index in [0.29, 0.717) is 5.75 Å². The maximum atomic E-state index is 5.45. The van der Waals surface area contributed by atoms with Crippen LogP contribution in [0.4, 0.5) is 5.82 Å². The molecule has 1 aliphatic rings. The molecule has 2 heterocycles. The van der Waals surface area contributed by atoms with Crippen LogP contribution in [0, 0.1) is 6.07 Å². The highest BCUT2D eigenvalue weighted by atomic mass is 16.5. The maximum Gasteiger partial charge on any atom is 0.160 e. The van der Waals surface area contributed by atoms with Crippen molar-refractivity contribution in [2.75, 3.05) is 19.2 Å². The highest BCUT2D eigenvalue weighted by molar-refractivity contribution is 6.02. The molecule has 1 aliphatic heterocycles. The number of fused-ring (bicyclic) bond motifs is 1. The van der Waals surface area contributed by atoms with Crippen molar-refractivity contribution in [3.63, 3.8) is 0 Å². The monoisotopic (exact) mass is 361 g/mol. The average molecular weight is 361 g/mol. The highest BCUT2D eigenvalue weighted by Gasteiger charge is 2.25. The molecule has 0 aliphatic carbocycles. The number of hydrogen-bond donors (Lipinski definition) is 0. The molecular formula is C21H21N4O2. The Hall–Kier alpha value is -3.15. The van der Waals surface area contributed by atoms with E-state index in [9.17, 15) is 0 Å². The lowest BCUT2D eigenvalue weighted by Crippen LogP contribution is -2.34. The maximum absolute atomic E-state index is 5.45. The predicted molar refractivity (Wildman–Crippen MR) is 106 cm³/mol. The van der Waals surface area contributed by atoms with Crippen LogP contribution in [0.25, 0.3) is 10.9 Å². The third-order valence-electron chi connectivity index (χ3n) is 4.82. The number of hydrazone groups is 1. The zero-order valence-corrected chi connectivity index (χ0v) is 15.6. The number of anilines is 1. The van der Waals surface area contributed by atoms with Crippen LogP contribution in [-0.2, 0) is 0 Å². The minimum atomic E-state index is 0.232. The second-order valence-electron chi connectivity index (χ2n) is 6.48. The lowest BCUT2D eigenvalue weighted by Gasteiger charge is -2.31. The Labute approximate surface area is 158 Å². The molecule has 0 bridgehead atoms. The molecule has 0 fully saturated rings. The van der Waals surface area contributed by atoms with Crippen molar-refractivity contribution in [1.82, 2.24) is 9.97 Å². The van der Waals surface area contributed by atoms with E-state index in [4.69, 9.17) is 14.6 Å². The van der Waals surface area contributed by atoms with Crippen LogP contribution in [0.1, 0.15) is 25.3 Å². The van der Waals surface area contributed by atoms with E-state index in [-0.39, 0.29) is 6.04 Å². The standard InChI is InChI=1S/C21H21N4O2/c1-14-10-11-18(15-6-4-7-16(12-15)26-2)24-25(14)21-17-8-5-9-19(27-3)20(17)22-13-23-21/h4-6,8-9,12-14H,10-11H2,1-3H3. The zero-order chi connectivity index (χ0) is 18.8. The molecule has 6 heteroatoms. The van der Waals surface area contributed by atoms with Gasteiger partial charge in [0.1, 0.15) is 23.3 Å². The Morgan fingerprint density at radius 2 is 2.04 bits per heavy atom. The van der Waals surface area contributed by atoms with Gasteiger partial charge in [-0.1, -0.05) is 12.1 Å². The molecule has 0 N–H and O–H groups in total. The Kier molecular flexibility index (Phi) is 4.62.